The number of fused-ring (bicyclic) bond motifs is 1. The molecule has 2 aromatic heterocycles. The number of nitrogens with one attached hydrogen (secondary N) is 1. The van der Waals surface area contributed by atoms with Crippen LogP contribution in [-0.4, -0.2) is 23.2 Å². The molecule has 0 amide bonds. The lowest BCUT2D eigenvalue weighted by Gasteiger charge is -2.11. The Hall–Kier alpha value is -2.92. The number of anilines is 1. The van der Waals surface area contributed by atoms with Gasteiger partial charge in [0.05, 0.1) is 23.0 Å². The zero-order valence-corrected chi connectivity index (χ0v) is 14.2. The van der Waals surface area contributed by atoms with E-state index >= 15 is 0 Å². The van der Waals surface area contributed by atoms with Crippen molar-refractivity contribution in [2.24, 2.45) is 7.05 Å². The van der Waals surface area contributed by atoms with Crippen LogP contribution in [0.4, 0.5) is 5.69 Å². The standard InChI is InChI=1S/C16H15N5O2S/c1-10-4-5-12(8-17)6-15(10)20-24(22,23)13-7-14-11(2)19-21(3)16(14)18-9-13/h4-7,9,20H,1-3H3. The highest BCUT2D eigenvalue weighted by atomic mass is 32.2. The molecule has 0 bridgehead atoms. The number of aryl methyl sites for hydroxylation is 3. The van der Waals surface area contributed by atoms with Gasteiger partial charge < -0.3 is 0 Å². The Kier molecular flexibility index (Phi) is 3.73. The fraction of sp³-hybridized carbons (Fsp3) is 0.188. The van der Waals surface area contributed by atoms with E-state index in [-0.39, 0.29) is 4.90 Å². The summed E-state index contributed by atoms with van der Waals surface area (Å²) in [5.41, 5.74) is 2.81. The first-order chi connectivity index (χ1) is 11.3. The van der Waals surface area contributed by atoms with E-state index in [1.54, 1.807) is 43.8 Å². The Labute approximate surface area is 139 Å². The summed E-state index contributed by atoms with van der Waals surface area (Å²) in [5.74, 6) is 0. The summed E-state index contributed by atoms with van der Waals surface area (Å²) in [4.78, 5) is 4.24. The van der Waals surface area contributed by atoms with Gasteiger partial charge in [-0.3, -0.25) is 9.40 Å². The monoisotopic (exact) mass is 341 g/mol. The largest absolute Gasteiger partial charge is 0.279 e. The Balaban J connectivity index is 2.05. The van der Waals surface area contributed by atoms with Gasteiger partial charge in [-0.15, -0.1) is 0 Å². The van der Waals surface area contributed by atoms with Crippen molar-refractivity contribution in [3.05, 3.63) is 47.3 Å². The molecule has 0 atom stereocenters. The summed E-state index contributed by atoms with van der Waals surface area (Å²) in [6, 6.07) is 8.39. The summed E-state index contributed by atoms with van der Waals surface area (Å²) < 4.78 is 29.4. The second-order valence-electron chi connectivity index (χ2n) is 5.50. The summed E-state index contributed by atoms with van der Waals surface area (Å²) in [7, 11) is -2.06. The molecule has 1 aromatic carbocycles. The second kappa shape index (κ2) is 5.62. The van der Waals surface area contributed by atoms with Gasteiger partial charge in [-0.2, -0.15) is 10.4 Å². The third-order valence-electron chi connectivity index (χ3n) is 3.76. The van der Waals surface area contributed by atoms with E-state index < -0.39 is 10.0 Å². The minimum Gasteiger partial charge on any atom is -0.279 e. The van der Waals surface area contributed by atoms with Crippen molar-refractivity contribution < 1.29 is 8.42 Å². The summed E-state index contributed by atoms with van der Waals surface area (Å²) in [6.07, 6.45) is 1.30. The van der Waals surface area contributed by atoms with E-state index in [2.05, 4.69) is 14.8 Å². The smallest absolute Gasteiger partial charge is 0.263 e. The molecule has 0 aliphatic heterocycles. The van der Waals surface area contributed by atoms with Crippen LogP contribution in [0.2, 0.25) is 0 Å². The van der Waals surface area contributed by atoms with Gasteiger partial charge in [0.1, 0.15) is 4.90 Å². The molecule has 0 radical (unpaired) electrons. The van der Waals surface area contributed by atoms with Crippen LogP contribution in [0.25, 0.3) is 11.0 Å². The van der Waals surface area contributed by atoms with Crippen LogP contribution in [0.15, 0.2) is 35.4 Å². The van der Waals surface area contributed by atoms with Crippen molar-refractivity contribution in [1.82, 2.24) is 14.8 Å². The molecule has 7 nitrogen and oxygen atoms in total. The van der Waals surface area contributed by atoms with Crippen LogP contribution in [0, 0.1) is 25.2 Å². The zero-order chi connectivity index (χ0) is 17.5. The van der Waals surface area contributed by atoms with Crippen LogP contribution in [0.3, 0.4) is 0 Å². The molecule has 0 aliphatic rings. The highest BCUT2D eigenvalue weighted by molar-refractivity contribution is 7.92. The quantitative estimate of drug-likeness (QED) is 0.787. The Morgan fingerprint density at radius 1 is 1.25 bits per heavy atom. The molecule has 0 spiro atoms. The molecule has 3 rings (SSSR count). The first-order valence-electron chi connectivity index (χ1n) is 7.15. The normalized spacial score (nSPS) is 11.4. The molecule has 0 saturated heterocycles. The Morgan fingerprint density at radius 2 is 2.00 bits per heavy atom. The van der Waals surface area contributed by atoms with Crippen molar-refractivity contribution in [3.8, 4) is 6.07 Å². The van der Waals surface area contributed by atoms with E-state index in [1.807, 2.05) is 6.07 Å². The molecule has 2 heterocycles. The first-order valence-corrected chi connectivity index (χ1v) is 8.63. The second-order valence-corrected chi connectivity index (χ2v) is 7.18. The van der Waals surface area contributed by atoms with Gasteiger partial charge in [0.2, 0.25) is 0 Å². The number of sulfonamides is 1. The highest BCUT2D eigenvalue weighted by Gasteiger charge is 2.18. The lowest BCUT2D eigenvalue weighted by atomic mass is 10.1. The predicted octanol–water partition coefficient (Wildman–Crippen LogP) is 2.26. The molecule has 0 unspecified atom stereocenters. The minimum absolute atomic E-state index is 0.0489. The number of nitrogens with zero attached hydrogens (tertiary/aromatic N) is 4. The third kappa shape index (κ3) is 2.70. The fourth-order valence-corrected chi connectivity index (χ4v) is 3.53. The van der Waals surface area contributed by atoms with Crippen molar-refractivity contribution >= 4 is 26.7 Å². The Bertz CT molecular complexity index is 1090. The molecule has 1 N–H and O–H groups in total. The molecule has 0 saturated carbocycles. The number of rotatable bonds is 3. The third-order valence-corrected chi connectivity index (χ3v) is 5.09. The van der Waals surface area contributed by atoms with E-state index in [1.165, 1.54) is 12.3 Å². The van der Waals surface area contributed by atoms with Gasteiger partial charge in [-0.05, 0) is 37.6 Å². The number of hydrogen-bond donors (Lipinski definition) is 1. The first kappa shape index (κ1) is 16.0. The van der Waals surface area contributed by atoms with Crippen LogP contribution in [0.1, 0.15) is 16.8 Å². The van der Waals surface area contributed by atoms with Crippen molar-refractivity contribution in [2.75, 3.05) is 4.72 Å². The molecular weight excluding hydrogens is 326 g/mol. The average molecular weight is 341 g/mol. The van der Waals surface area contributed by atoms with Gasteiger partial charge >= 0.3 is 0 Å². The number of hydrogen-bond acceptors (Lipinski definition) is 5. The van der Waals surface area contributed by atoms with Crippen molar-refractivity contribution in [1.29, 1.82) is 5.26 Å². The van der Waals surface area contributed by atoms with E-state index in [9.17, 15) is 8.42 Å². The minimum atomic E-state index is -3.82. The number of aromatic nitrogens is 3. The van der Waals surface area contributed by atoms with Crippen molar-refractivity contribution in [3.63, 3.8) is 0 Å². The average Bonchev–Trinajstić information content (AvgIpc) is 2.83. The molecule has 0 fully saturated rings. The fourth-order valence-electron chi connectivity index (χ4n) is 2.44. The topological polar surface area (TPSA) is 101 Å². The maximum atomic E-state index is 12.7. The van der Waals surface area contributed by atoms with Gasteiger partial charge in [-0.1, -0.05) is 6.07 Å². The maximum Gasteiger partial charge on any atom is 0.263 e. The predicted molar refractivity (Wildman–Crippen MR) is 89.9 cm³/mol. The van der Waals surface area contributed by atoms with E-state index in [4.69, 9.17) is 5.26 Å². The molecule has 122 valence electrons. The van der Waals surface area contributed by atoms with Gasteiger partial charge in [0.25, 0.3) is 10.0 Å². The SMILES string of the molecule is Cc1ccc(C#N)cc1NS(=O)(=O)c1cnc2c(c1)c(C)nn2C. The van der Waals surface area contributed by atoms with Gasteiger partial charge in [0, 0.05) is 18.6 Å². The molecule has 3 aromatic rings. The van der Waals surface area contributed by atoms with E-state index in [0.717, 1.165) is 5.56 Å². The van der Waals surface area contributed by atoms with Crippen molar-refractivity contribution in [2.45, 2.75) is 18.7 Å². The van der Waals surface area contributed by atoms with Gasteiger partial charge in [0.15, 0.2) is 5.65 Å². The van der Waals surface area contributed by atoms with Gasteiger partial charge in [-0.25, -0.2) is 13.4 Å². The molecular formula is C16H15N5O2S. The summed E-state index contributed by atoms with van der Waals surface area (Å²) in [5, 5.41) is 13.9. The van der Waals surface area contributed by atoms with Crippen LogP contribution >= 0.6 is 0 Å². The summed E-state index contributed by atoms with van der Waals surface area (Å²) in [6.45, 7) is 3.57. The number of nitriles is 1. The summed E-state index contributed by atoms with van der Waals surface area (Å²) >= 11 is 0. The number of pyridine rings is 1. The van der Waals surface area contributed by atoms with E-state index in [0.29, 0.717) is 28.0 Å². The molecule has 0 aliphatic carbocycles. The zero-order valence-electron chi connectivity index (χ0n) is 13.4. The highest BCUT2D eigenvalue weighted by Crippen LogP contribution is 2.23. The van der Waals surface area contributed by atoms with Crippen LogP contribution in [0.5, 0.6) is 0 Å². The lowest BCUT2D eigenvalue weighted by molar-refractivity contribution is 0.601. The number of benzene rings is 1. The van der Waals surface area contributed by atoms with Crippen LogP contribution < -0.4 is 4.72 Å². The maximum absolute atomic E-state index is 12.7. The van der Waals surface area contributed by atoms with Crippen LogP contribution in [-0.2, 0) is 17.1 Å². The lowest BCUT2D eigenvalue weighted by Crippen LogP contribution is -2.14. The molecule has 8 heteroatoms. The Morgan fingerprint density at radius 3 is 2.71 bits per heavy atom. The molecule has 24 heavy (non-hydrogen) atoms.